The van der Waals surface area contributed by atoms with Crippen molar-refractivity contribution in [1.29, 1.82) is 0 Å². The normalized spacial score (nSPS) is 23.4. The molecule has 1 aromatic heterocycles. The Kier molecular flexibility index (Phi) is 4.41. The third kappa shape index (κ3) is 3.06. The largest absolute Gasteiger partial charge is 0.370 e. The van der Waals surface area contributed by atoms with Crippen molar-refractivity contribution in [1.82, 2.24) is 9.88 Å². The van der Waals surface area contributed by atoms with Crippen LogP contribution in [-0.4, -0.2) is 48.6 Å². The van der Waals surface area contributed by atoms with E-state index in [0.717, 1.165) is 43.7 Å². The molecule has 0 amide bonds. The van der Waals surface area contributed by atoms with Crippen LogP contribution in [-0.2, 0) is 0 Å². The van der Waals surface area contributed by atoms with Crippen LogP contribution in [0.3, 0.4) is 0 Å². The molecule has 1 atom stereocenters. The fourth-order valence-electron chi connectivity index (χ4n) is 3.31. The van der Waals surface area contributed by atoms with Gasteiger partial charge in [0.05, 0.1) is 0 Å². The van der Waals surface area contributed by atoms with Crippen LogP contribution >= 0.6 is 0 Å². The Bertz CT molecular complexity index is 428. The number of likely N-dealkylation sites (tertiary alicyclic amines) is 1. The summed E-state index contributed by atoms with van der Waals surface area (Å²) in [4.78, 5) is 9.86. The summed E-state index contributed by atoms with van der Waals surface area (Å²) in [6.07, 6.45) is 5.18. The van der Waals surface area contributed by atoms with Gasteiger partial charge >= 0.3 is 0 Å². The van der Waals surface area contributed by atoms with Gasteiger partial charge in [-0.15, -0.1) is 0 Å². The molecule has 110 valence electrons. The number of hydrogen-bond donors (Lipinski definition) is 1. The van der Waals surface area contributed by atoms with E-state index in [-0.39, 0.29) is 0 Å². The van der Waals surface area contributed by atoms with Crippen molar-refractivity contribution in [3.05, 3.63) is 18.2 Å². The van der Waals surface area contributed by atoms with Crippen molar-refractivity contribution in [3.63, 3.8) is 0 Å². The van der Waals surface area contributed by atoms with E-state index in [1.54, 1.807) is 0 Å². The van der Waals surface area contributed by atoms with Crippen LogP contribution in [0.5, 0.6) is 0 Å². The first kappa shape index (κ1) is 13.7. The molecule has 0 bridgehead atoms. The van der Waals surface area contributed by atoms with E-state index in [0.29, 0.717) is 0 Å². The molecule has 4 nitrogen and oxygen atoms in total. The summed E-state index contributed by atoms with van der Waals surface area (Å²) in [7, 11) is 0. The van der Waals surface area contributed by atoms with Gasteiger partial charge in [0.1, 0.15) is 11.6 Å². The number of rotatable bonds is 5. The van der Waals surface area contributed by atoms with Crippen LogP contribution in [0.25, 0.3) is 0 Å². The second-order valence-electron chi connectivity index (χ2n) is 5.94. The van der Waals surface area contributed by atoms with Crippen molar-refractivity contribution >= 4 is 11.6 Å². The monoisotopic (exact) mass is 274 g/mol. The average molecular weight is 274 g/mol. The highest BCUT2D eigenvalue weighted by Crippen LogP contribution is 2.24. The minimum absolute atomic E-state index is 0.742. The fraction of sp³-hybridized carbons (Fsp3) is 0.688. The quantitative estimate of drug-likeness (QED) is 0.894. The second-order valence-corrected chi connectivity index (χ2v) is 5.94. The lowest BCUT2D eigenvalue weighted by Gasteiger charge is -2.24. The summed E-state index contributed by atoms with van der Waals surface area (Å²) in [6.45, 7) is 8.05. The molecule has 2 aliphatic rings. The first-order chi connectivity index (χ1) is 9.86. The van der Waals surface area contributed by atoms with Gasteiger partial charge < -0.3 is 10.2 Å². The Labute approximate surface area is 122 Å². The number of pyridine rings is 1. The van der Waals surface area contributed by atoms with Crippen LogP contribution in [0.4, 0.5) is 11.6 Å². The number of nitrogens with zero attached hydrogens (tertiary/aromatic N) is 3. The number of nitrogens with one attached hydrogen (secondary N) is 1. The zero-order valence-electron chi connectivity index (χ0n) is 12.5. The van der Waals surface area contributed by atoms with Gasteiger partial charge in [-0.1, -0.05) is 13.0 Å². The molecule has 2 aliphatic heterocycles. The van der Waals surface area contributed by atoms with Crippen LogP contribution in [0.2, 0.25) is 0 Å². The van der Waals surface area contributed by atoms with E-state index in [4.69, 9.17) is 4.98 Å². The van der Waals surface area contributed by atoms with Crippen LogP contribution in [0, 0.1) is 0 Å². The molecule has 2 fully saturated rings. The van der Waals surface area contributed by atoms with Gasteiger partial charge in [0.25, 0.3) is 0 Å². The summed E-state index contributed by atoms with van der Waals surface area (Å²) >= 11 is 0. The molecule has 3 rings (SSSR count). The molecule has 20 heavy (non-hydrogen) atoms. The van der Waals surface area contributed by atoms with Gasteiger partial charge in [-0.2, -0.15) is 0 Å². The Morgan fingerprint density at radius 3 is 2.90 bits per heavy atom. The lowest BCUT2D eigenvalue weighted by atomic mass is 10.2. The zero-order valence-corrected chi connectivity index (χ0v) is 12.5. The lowest BCUT2D eigenvalue weighted by Crippen LogP contribution is -2.35. The van der Waals surface area contributed by atoms with Crippen molar-refractivity contribution < 1.29 is 0 Å². The molecular weight excluding hydrogens is 248 g/mol. The summed E-state index contributed by atoms with van der Waals surface area (Å²) in [5.74, 6) is 2.14. The van der Waals surface area contributed by atoms with E-state index in [1.165, 1.54) is 32.4 Å². The highest BCUT2D eigenvalue weighted by Gasteiger charge is 2.29. The molecular formula is C16H26N4. The maximum Gasteiger partial charge on any atom is 0.131 e. The lowest BCUT2D eigenvalue weighted by molar-refractivity contribution is 0.260. The highest BCUT2D eigenvalue weighted by molar-refractivity contribution is 5.48. The fourth-order valence-corrected chi connectivity index (χ4v) is 3.31. The molecule has 0 spiro atoms. The van der Waals surface area contributed by atoms with Gasteiger partial charge in [-0.3, -0.25) is 4.90 Å². The molecule has 1 aromatic rings. The van der Waals surface area contributed by atoms with E-state index in [1.807, 2.05) is 0 Å². The van der Waals surface area contributed by atoms with Crippen LogP contribution in [0.15, 0.2) is 18.2 Å². The summed E-state index contributed by atoms with van der Waals surface area (Å²) in [5.41, 5.74) is 0. The van der Waals surface area contributed by atoms with Crippen LogP contribution in [0.1, 0.15) is 32.6 Å². The third-order valence-corrected chi connectivity index (χ3v) is 4.43. The number of hydrogen-bond acceptors (Lipinski definition) is 4. The highest BCUT2D eigenvalue weighted by atomic mass is 15.3. The minimum Gasteiger partial charge on any atom is -0.370 e. The smallest absolute Gasteiger partial charge is 0.131 e. The summed E-state index contributed by atoms with van der Waals surface area (Å²) in [5, 5.41) is 3.38. The van der Waals surface area contributed by atoms with Gasteiger partial charge in [-0.05, 0) is 50.9 Å². The summed E-state index contributed by atoms with van der Waals surface area (Å²) < 4.78 is 0. The molecule has 0 aliphatic carbocycles. The Balaban J connectivity index is 1.61. The third-order valence-electron chi connectivity index (χ3n) is 4.43. The first-order valence-electron chi connectivity index (χ1n) is 8.07. The van der Waals surface area contributed by atoms with E-state index >= 15 is 0 Å². The minimum atomic E-state index is 0.742. The predicted octanol–water partition coefficient (Wildman–Crippen LogP) is 2.58. The van der Waals surface area contributed by atoms with Gasteiger partial charge in [0, 0.05) is 25.7 Å². The maximum atomic E-state index is 4.75. The van der Waals surface area contributed by atoms with Crippen molar-refractivity contribution in [2.45, 2.75) is 38.6 Å². The second kappa shape index (κ2) is 6.44. The van der Waals surface area contributed by atoms with Crippen molar-refractivity contribution in [3.8, 4) is 0 Å². The molecule has 1 unspecified atom stereocenters. The van der Waals surface area contributed by atoms with Gasteiger partial charge in [-0.25, -0.2) is 4.98 Å². The van der Waals surface area contributed by atoms with Gasteiger partial charge in [0.15, 0.2) is 0 Å². The molecule has 0 saturated carbocycles. The summed E-state index contributed by atoms with van der Waals surface area (Å²) in [6, 6.07) is 7.06. The Morgan fingerprint density at radius 2 is 2.10 bits per heavy atom. The molecule has 0 aromatic carbocycles. The van der Waals surface area contributed by atoms with E-state index in [2.05, 4.69) is 40.2 Å². The Hall–Kier alpha value is -1.29. The molecule has 0 radical (unpaired) electrons. The van der Waals surface area contributed by atoms with Crippen molar-refractivity contribution in [2.24, 2.45) is 0 Å². The molecule has 2 saturated heterocycles. The van der Waals surface area contributed by atoms with E-state index < -0.39 is 0 Å². The zero-order chi connectivity index (χ0) is 13.8. The van der Waals surface area contributed by atoms with Crippen LogP contribution < -0.4 is 10.2 Å². The van der Waals surface area contributed by atoms with Gasteiger partial charge in [0.2, 0.25) is 0 Å². The topological polar surface area (TPSA) is 31.4 Å². The molecule has 4 heteroatoms. The molecule has 3 heterocycles. The maximum absolute atomic E-state index is 4.75. The molecule has 1 N–H and O–H groups in total. The Morgan fingerprint density at radius 1 is 1.25 bits per heavy atom. The SMILES string of the molecule is CCCNc1cccc(N2CCC(N3CCCC3)C2)n1. The van der Waals surface area contributed by atoms with Crippen molar-refractivity contribution in [2.75, 3.05) is 42.9 Å². The predicted molar refractivity (Wildman–Crippen MR) is 84.4 cm³/mol. The first-order valence-corrected chi connectivity index (χ1v) is 8.07. The van der Waals surface area contributed by atoms with E-state index in [9.17, 15) is 0 Å². The average Bonchev–Trinajstić information content (AvgIpc) is 3.15. The standard InChI is InChI=1S/C16H26N4/c1-2-9-17-15-6-5-7-16(18-15)20-12-8-14(13-20)19-10-3-4-11-19/h5-7,14H,2-4,8-13H2,1H3,(H,17,18). The number of anilines is 2. The number of aromatic nitrogens is 1.